The summed E-state index contributed by atoms with van der Waals surface area (Å²) in [5.74, 6) is -0.779. The van der Waals surface area contributed by atoms with Crippen LogP contribution in [0.25, 0.3) is 0 Å². The van der Waals surface area contributed by atoms with Crippen molar-refractivity contribution >= 4 is 17.5 Å². The minimum absolute atomic E-state index is 0.0126. The Morgan fingerprint density at radius 1 is 1.00 bits per heavy atom. The third-order valence-electron chi connectivity index (χ3n) is 4.18. The van der Waals surface area contributed by atoms with Gasteiger partial charge in [0.1, 0.15) is 6.54 Å². The molecule has 0 aliphatic carbocycles. The van der Waals surface area contributed by atoms with E-state index in [2.05, 4.69) is 19.2 Å². The molecule has 28 heavy (non-hydrogen) atoms. The number of amides is 2. The molecule has 0 saturated carbocycles. The molecular weight excluding hydrogens is 369 g/mol. The van der Waals surface area contributed by atoms with Crippen LogP contribution < -0.4 is 10.6 Å². The highest BCUT2D eigenvalue weighted by Gasteiger charge is 2.28. The van der Waals surface area contributed by atoms with Crippen LogP contribution in [0.5, 0.6) is 0 Å². The number of anilines is 1. The zero-order valence-electron chi connectivity index (χ0n) is 15.8. The van der Waals surface area contributed by atoms with Gasteiger partial charge in [0.05, 0.1) is 11.3 Å². The molecule has 4 nitrogen and oxygen atoms in total. The van der Waals surface area contributed by atoms with E-state index in [0.29, 0.717) is 12.3 Å². The lowest BCUT2D eigenvalue weighted by atomic mass is 10.0. The lowest BCUT2D eigenvalue weighted by Gasteiger charge is -2.13. The van der Waals surface area contributed by atoms with Gasteiger partial charge in [0.25, 0.3) is 5.91 Å². The van der Waals surface area contributed by atoms with Crippen LogP contribution in [0.1, 0.15) is 47.7 Å². The van der Waals surface area contributed by atoms with Crippen molar-refractivity contribution in [2.75, 3.05) is 11.9 Å². The van der Waals surface area contributed by atoms with Gasteiger partial charge in [-0.15, -0.1) is 0 Å². The quantitative estimate of drug-likeness (QED) is 0.719. The number of rotatable bonds is 7. The van der Waals surface area contributed by atoms with E-state index < -0.39 is 18.6 Å². The van der Waals surface area contributed by atoms with Crippen molar-refractivity contribution in [1.82, 2.24) is 5.32 Å². The molecule has 2 N–H and O–H groups in total. The lowest BCUT2D eigenvalue weighted by Crippen LogP contribution is -2.34. The summed E-state index contributed by atoms with van der Waals surface area (Å²) < 4.78 is 36.9. The van der Waals surface area contributed by atoms with Crippen LogP contribution in [0.15, 0.2) is 48.5 Å². The summed E-state index contributed by atoms with van der Waals surface area (Å²) >= 11 is 0. The molecule has 0 fully saturated rings. The van der Waals surface area contributed by atoms with Gasteiger partial charge >= 0.3 is 6.18 Å². The number of hydrogen-bond donors (Lipinski definition) is 2. The molecule has 0 aliphatic rings. The standard InChI is InChI=1S/C21H23F3N2O2/c1-14(2)16-10-7-15(8-11-16)9-12-19(27)26-18-6-4-3-5-17(18)20(28)25-13-21(22,23)24/h3-8,10-11,14H,9,12-13H2,1-2H3,(H,25,28)(H,26,27). The molecule has 0 saturated heterocycles. The fraction of sp³-hybridized carbons (Fsp3) is 0.333. The summed E-state index contributed by atoms with van der Waals surface area (Å²) in [5.41, 5.74) is 2.39. The molecule has 2 rings (SSSR count). The zero-order chi connectivity index (χ0) is 20.7. The molecule has 2 aromatic carbocycles. The Bertz CT molecular complexity index is 815. The Hall–Kier alpha value is -2.83. The number of para-hydroxylation sites is 1. The highest BCUT2D eigenvalue weighted by atomic mass is 19.4. The molecule has 0 aromatic heterocycles. The predicted octanol–water partition coefficient (Wildman–Crippen LogP) is 4.67. The number of hydrogen-bond acceptors (Lipinski definition) is 2. The van der Waals surface area contributed by atoms with Crippen molar-refractivity contribution < 1.29 is 22.8 Å². The number of alkyl halides is 3. The second kappa shape index (κ2) is 9.39. The molecule has 0 radical (unpaired) electrons. The van der Waals surface area contributed by atoms with E-state index in [-0.39, 0.29) is 23.6 Å². The van der Waals surface area contributed by atoms with E-state index in [4.69, 9.17) is 0 Å². The fourth-order valence-corrected chi connectivity index (χ4v) is 2.61. The van der Waals surface area contributed by atoms with Crippen LogP contribution in [0, 0.1) is 0 Å². The number of benzene rings is 2. The summed E-state index contributed by atoms with van der Waals surface area (Å²) in [6.45, 7) is 2.77. The maximum absolute atomic E-state index is 12.3. The van der Waals surface area contributed by atoms with Gasteiger partial charge in [-0.3, -0.25) is 9.59 Å². The third kappa shape index (κ3) is 6.72. The Kier molecular flexibility index (Phi) is 7.20. The Balaban J connectivity index is 1.95. The van der Waals surface area contributed by atoms with Crippen molar-refractivity contribution in [2.45, 2.75) is 38.8 Å². The van der Waals surface area contributed by atoms with Gasteiger partial charge in [-0.05, 0) is 35.6 Å². The number of nitrogens with one attached hydrogen (secondary N) is 2. The van der Waals surface area contributed by atoms with Crippen molar-refractivity contribution in [3.8, 4) is 0 Å². The number of carbonyl (C=O) groups is 2. The van der Waals surface area contributed by atoms with Crippen molar-refractivity contribution in [2.24, 2.45) is 0 Å². The SMILES string of the molecule is CC(C)c1ccc(CCC(=O)Nc2ccccc2C(=O)NCC(F)(F)F)cc1. The molecule has 7 heteroatoms. The van der Waals surface area contributed by atoms with Crippen LogP contribution in [0.2, 0.25) is 0 Å². The van der Waals surface area contributed by atoms with E-state index >= 15 is 0 Å². The topological polar surface area (TPSA) is 58.2 Å². The Morgan fingerprint density at radius 2 is 1.64 bits per heavy atom. The van der Waals surface area contributed by atoms with E-state index in [9.17, 15) is 22.8 Å². The van der Waals surface area contributed by atoms with Gasteiger partial charge in [-0.2, -0.15) is 13.2 Å². The fourth-order valence-electron chi connectivity index (χ4n) is 2.61. The van der Waals surface area contributed by atoms with E-state index in [1.807, 2.05) is 29.6 Å². The molecule has 0 spiro atoms. The normalized spacial score (nSPS) is 11.4. The largest absolute Gasteiger partial charge is 0.405 e. The lowest BCUT2D eigenvalue weighted by molar-refractivity contribution is -0.123. The van der Waals surface area contributed by atoms with Crippen LogP contribution >= 0.6 is 0 Å². The first kappa shape index (κ1) is 21.5. The van der Waals surface area contributed by atoms with E-state index in [1.165, 1.54) is 23.8 Å². The average Bonchev–Trinajstić information content (AvgIpc) is 2.64. The second-order valence-corrected chi connectivity index (χ2v) is 6.79. The average molecular weight is 392 g/mol. The summed E-state index contributed by atoms with van der Waals surface area (Å²) in [5, 5.41) is 4.42. The summed E-state index contributed by atoms with van der Waals surface area (Å²) in [4.78, 5) is 24.2. The van der Waals surface area contributed by atoms with E-state index in [1.54, 1.807) is 6.07 Å². The monoisotopic (exact) mass is 392 g/mol. The van der Waals surface area contributed by atoms with Crippen molar-refractivity contribution in [3.63, 3.8) is 0 Å². The highest BCUT2D eigenvalue weighted by Crippen LogP contribution is 2.18. The van der Waals surface area contributed by atoms with Gasteiger partial charge in [0, 0.05) is 6.42 Å². The molecule has 0 heterocycles. The second-order valence-electron chi connectivity index (χ2n) is 6.79. The molecule has 2 aromatic rings. The molecule has 0 unspecified atom stereocenters. The van der Waals surface area contributed by atoms with Crippen molar-refractivity contribution in [1.29, 1.82) is 0 Å². The van der Waals surface area contributed by atoms with Gasteiger partial charge in [-0.25, -0.2) is 0 Å². The minimum atomic E-state index is -4.50. The molecule has 0 atom stereocenters. The number of halogens is 3. The summed E-state index contributed by atoms with van der Waals surface area (Å²) in [6.07, 6.45) is -3.79. The molecular formula is C21H23F3N2O2. The molecule has 2 amide bonds. The number of carbonyl (C=O) groups excluding carboxylic acids is 2. The van der Waals surface area contributed by atoms with E-state index in [0.717, 1.165) is 5.56 Å². The smallest absolute Gasteiger partial charge is 0.343 e. The van der Waals surface area contributed by atoms with Crippen LogP contribution in [-0.2, 0) is 11.2 Å². The van der Waals surface area contributed by atoms with Crippen LogP contribution in [-0.4, -0.2) is 24.5 Å². The first-order valence-corrected chi connectivity index (χ1v) is 8.98. The minimum Gasteiger partial charge on any atom is -0.343 e. The maximum Gasteiger partial charge on any atom is 0.405 e. The molecule has 0 aliphatic heterocycles. The first-order chi connectivity index (χ1) is 13.2. The van der Waals surface area contributed by atoms with Crippen LogP contribution in [0.4, 0.5) is 18.9 Å². The molecule has 150 valence electrons. The maximum atomic E-state index is 12.3. The Labute approximate surface area is 162 Å². The van der Waals surface area contributed by atoms with Gasteiger partial charge in [0.2, 0.25) is 5.91 Å². The zero-order valence-corrected chi connectivity index (χ0v) is 15.8. The summed E-state index contributed by atoms with van der Waals surface area (Å²) in [6, 6.07) is 14.0. The summed E-state index contributed by atoms with van der Waals surface area (Å²) in [7, 11) is 0. The highest BCUT2D eigenvalue weighted by molar-refractivity contribution is 6.03. The van der Waals surface area contributed by atoms with Crippen molar-refractivity contribution in [3.05, 3.63) is 65.2 Å². The van der Waals surface area contributed by atoms with Gasteiger partial charge in [0.15, 0.2) is 0 Å². The van der Waals surface area contributed by atoms with Gasteiger partial charge in [-0.1, -0.05) is 50.2 Å². The van der Waals surface area contributed by atoms with Gasteiger partial charge < -0.3 is 10.6 Å². The molecule has 0 bridgehead atoms. The predicted molar refractivity (Wildman–Crippen MR) is 102 cm³/mol. The number of aryl methyl sites for hydroxylation is 1. The first-order valence-electron chi connectivity index (χ1n) is 8.98. The van der Waals surface area contributed by atoms with Crippen LogP contribution in [0.3, 0.4) is 0 Å². The Morgan fingerprint density at radius 3 is 2.25 bits per heavy atom. The third-order valence-corrected chi connectivity index (χ3v) is 4.18.